The number of nitrogen functional groups attached to an aromatic ring is 1. The number of rotatable bonds is 8. The summed E-state index contributed by atoms with van der Waals surface area (Å²) in [4.78, 5) is 28.9. The molecule has 0 radical (unpaired) electrons. The van der Waals surface area contributed by atoms with E-state index < -0.39 is 11.2 Å². The summed E-state index contributed by atoms with van der Waals surface area (Å²) in [6.07, 6.45) is 1.70. The molecule has 8 heteroatoms. The normalized spacial score (nSPS) is 10.9. The highest BCUT2D eigenvalue weighted by Crippen LogP contribution is 2.19. The zero-order chi connectivity index (χ0) is 20.7. The number of anilines is 2. The summed E-state index contributed by atoms with van der Waals surface area (Å²) in [6, 6.07) is 9.85. The molecular formula is C20H29N5O2S. The molecule has 0 aliphatic rings. The summed E-state index contributed by atoms with van der Waals surface area (Å²) in [5.74, 6) is 0.373. The molecule has 0 amide bonds. The Bertz CT molecular complexity index is 905. The van der Waals surface area contributed by atoms with Crippen LogP contribution in [-0.4, -0.2) is 21.2 Å². The van der Waals surface area contributed by atoms with Gasteiger partial charge >= 0.3 is 5.69 Å². The first-order chi connectivity index (χ1) is 13.3. The van der Waals surface area contributed by atoms with Crippen molar-refractivity contribution in [3.63, 3.8) is 0 Å². The largest absolute Gasteiger partial charge is 0.383 e. The monoisotopic (exact) mass is 403 g/mol. The van der Waals surface area contributed by atoms with Crippen LogP contribution in [0, 0.1) is 5.92 Å². The van der Waals surface area contributed by atoms with Gasteiger partial charge in [-0.25, -0.2) is 4.79 Å². The highest BCUT2D eigenvalue weighted by Gasteiger charge is 2.22. The van der Waals surface area contributed by atoms with E-state index in [4.69, 9.17) is 18.0 Å². The molecule has 0 saturated carbocycles. The Labute approximate surface area is 170 Å². The fourth-order valence-corrected chi connectivity index (χ4v) is 3.12. The topological polar surface area (TPSA) is 96.2 Å². The van der Waals surface area contributed by atoms with Crippen molar-refractivity contribution in [1.82, 2.24) is 14.9 Å². The molecule has 0 saturated heterocycles. The predicted molar refractivity (Wildman–Crippen MR) is 119 cm³/mol. The van der Waals surface area contributed by atoms with E-state index in [1.54, 1.807) is 4.90 Å². The molecule has 0 aliphatic heterocycles. The smallest absolute Gasteiger partial charge is 0.330 e. The van der Waals surface area contributed by atoms with Crippen molar-refractivity contribution in [2.24, 2.45) is 5.92 Å². The third-order valence-corrected chi connectivity index (χ3v) is 4.66. The lowest BCUT2D eigenvalue weighted by atomic mass is 10.2. The minimum absolute atomic E-state index is 0.145. The number of nitrogens with one attached hydrogen (secondary N) is 2. The quantitative estimate of drug-likeness (QED) is 0.586. The fourth-order valence-electron chi connectivity index (χ4n) is 2.89. The molecule has 1 aromatic carbocycles. The number of hydrogen-bond donors (Lipinski definition) is 3. The molecule has 28 heavy (non-hydrogen) atoms. The lowest BCUT2D eigenvalue weighted by Crippen LogP contribution is -2.46. The van der Waals surface area contributed by atoms with Crippen LogP contribution in [0.15, 0.2) is 39.9 Å². The van der Waals surface area contributed by atoms with Gasteiger partial charge in [0.05, 0.1) is 0 Å². The Kier molecular flexibility index (Phi) is 7.80. The number of unbranched alkanes of at least 4 members (excludes halogenated alkanes) is 1. The second-order valence-corrected chi connectivity index (χ2v) is 7.53. The molecule has 1 heterocycles. The van der Waals surface area contributed by atoms with Crippen molar-refractivity contribution in [1.29, 1.82) is 0 Å². The van der Waals surface area contributed by atoms with Gasteiger partial charge in [0, 0.05) is 19.6 Å². The van der Waals surface area contributed by atoms with Gasteiger partial charge in [-0.1, -0.05) is 57.5 Å². The molecule has 1 aromatic heterocycles. The number of hydrogen-bond acceptors (Lipinski definition) is 4. The van der Waals surface area contributed by atoms with Crippen LogP contribution in [0.25, 0.3) is 0 Å². The van der Waals surface area contributed by atoms with Gasteiger partial charge in [0.1, 0.15) is 5.82 Å². The number of thiocarbonyl (C=S) groups is 1. The maximum absolute atomic E-state index is 12.6. The second-order valence-electron chi connectivity index (χ2n) is 7.15. The van der Waals surface area contributed by atoms with Crippen LogP contribution < -0.4 is 27.2 Å². The third-order valence-electron chi connectivity index (χ3n) is 4.30. The van der Waals surface area contributed by atoms with Gasteiger partial charge in [-0.05, 0) is 30.1 Å². The lowest BCUT2D eigenvalue weighted by Gasteiger charge is -2.28. The first-order valence-electron chi connectivity index (χ1n) is 9.57. The molecule has 0 bridgehead atoms. The van der Waals surface area contributed by atoms with Crippen LogP contribution in [0.2, 0.25) is 0 Å². The number of aromatic amines is 1. The Morgan fingerprint density at radius 2 is 1.96 bits per heavy atom. The summed E-state index contributed by atoms with van der Waals surface area (Å²) in [5, 5.41) is 3.59. The minimum atomic E-state index is -0.528. The van der Waals surface area contributed by atoms with E-state index in [2.05, 4.69) is 10.3 Å². The first kappa shape index (κ1) is 21.7. The first-order valence-corrected chi connectivity index (χ1v) is 9.97. The summed E-state index contributed by atoms with van der Waals surface area (Å²) >= 11 is 5.58. The summed E-state index contributed by atoms with van der Waals surface area (Å²) < 4.78 is 1.41. The Morgan fingerprint density at radius 3 is 2.57 bits per heavy atom. The zero-order valence-corrected chi connectivity index (χ0v) is 17.5. The molecule has 0 fully saturated rings. The standard InChI is InChI=1S/C20H29N5O2S/c1-4-5-11-24-17(21)16(18(26)23-19(24)27)25(13-14(2)3)20(28)22-12-15-9-7-6-8-10-15/h6-10,14H,4-5,11-13,21H2,1-3H3,(H,22,28)(H,23,26,27). The molecule has 7 nitrogen and oxygen atoms in total. The number of nitrogens with zero attached hydrogens (tertiary/aromatic N) is 2. The van der Waals surface area contributed by atoms with E-state index in [0.29, 0.717) is 24.7 Å². The average Bonchev–Trinajstić information content (AvgIpc) is 2.65. The molecule has 0 spiro atoms. The van der Waals surface area contributed by atoms with Crippen LogP contribution in [0.1, 0.15) is 39.2 Å². The van der Waals surface area contributed by atoms with Crippen LogP contribution in [0.3, 0.4) is 0 Å². The van der Waals surface area contributed by atoms with E-state index in [0.717, 1.165) is 18.4 Å². The molecular weight excluding hydrogens is 374 g/mol. The molecule has 0 unspecified atom stereocenters. The van der Waals surface area contributed by atoms with Crippen molar-refractivity contribution >= 4 is 28.8 Å². The minimum Gasteiger partial charge on any atom is -0.383 e. The zero-order valence-electron chi connectivity index (χ0n) is 16.7. The van der Waals surface area contributed by atoms with Crippen molar-refractivity contribution in [3.05, 3.63) is 56.7 Å². The van der Waals surface area contributed by atoms with Crippen LogP contribution in [0.4, 0.5) is 11.5 Å². The van der Waals surface area contributed by atoms with Gasteiger partial charge in [0.2, 0.25) is 0 Å². The molecule has 0 aliphatic carbocycles. The van der Waals surface area contributed by atoms with Gasteiger partial charge in [0.15, 0.2) is 10.8 Å². The van der Waals surface area contributed by atoms with Crippen LogP contribution in [0.5, 0.6) is 0 Å². The highest BCUT2D eigenvalue weighted by molar-refractivity contribution is 7.80. The van der Waals surface area contributed by atoms with Crippen molar-refractivity contribution < 1.29 is 0 Å². The Balaban J connectivity index is 2.37. The predicted octanol–water partition coefficient (Wildman–Crippen LogP) is 2.46. The van der Waals surface area contributed by atoms with E-state index >= 15 is 0 Å². The van der Waals surface area contributed by atoms with Gasteiger partial charge < -0.3 is 16.0 Å². The average molecular weight is 404 g/mol. The highest BCUT2D eigenvalue weighted by atomic mass is 32.1. The number of H-pyrrole nitrogens is 1. The Morgan fingerprint density at radius 1 is 1.29 bits per heavy atom. The van der Waals surface area contributed by atoms with Gasteiger partial charge in [-0.2, -0.15) is 0 Å². The Hall–Kier alpha value is -2.61. The molecule has 2 rings (SSSR count). The fraction of sp³-hybridized carbons (Fsp3) is 0.450. The summed E-state index contributed by atoms with van der Waals surface area (Å²) in [5.41, 5.74) is 6.53. The third kappa shape index (κ3) is 5.45. The van der Waals surface area contributed by atoms with E-state index in [-0.39, 0.29) is 17.4 Å². The molecule has 4 N–H and O–H groups in total. The van der Waals surface area contributed by atoms with Crippen molar-refractivity contribution in [2.45, 2.75) is 46.7 Å². The number of benzene rings is 1. The summed E-state index contributed by atoms with van der Waals surface area (Å²) in [6.45, 7) is 7.57. The SMILES string of the molecule is CCCCn1c(N)c(N(CC(C)C)C(=S)NCc2ccccc2)c(=O)[nH]c1=O. The van der Waals surface area contributed by atoms with Crippen molar-refractivity contribution in [3.8, 4) is 0 Å². The summed E-state index contributed by atoms with van der Waals surface area (Å²) in [7, 11) is 0. The van der Waals surface area contributed by atoms with Crippen LogP contribution >= 0.6 is 12.2 Å². The molecule has 152 valence electrons. The molecule has 2 aromatic rings. The second kappa shape index (κ2) is 10.1. The molecule has 0 atom stereocenters. The van der Waals surface area contributed by atoms with Gasteiger partial charge in [0.25, 0.3) is 5.56 Å². The van der Waals surface area contributed by atoms with E-state index in [1.165, 1.54) is 4.57 Å². The lowest BCUT2D eigenvalue weighted by molar-refractivity contribution is 0.600. The van der Waals surface area contributed by atoms with Crippen molar-refractivity contribution in [2.75, 3.05) is 17.2 Å². The maximum atomic E-state index is 12.6. The van der Waals surface area contributed by atoms with Gasteiger partial charge in [-0.3, -0.25) is 14.3 Å². The van der Waals surface area contributed by atoms with E-state index in [1.807, 2.05) is 51.1 Å². The van der Waals surface area contributed by atoms with Gasteiger partial charge in [-0.15, -0.1) is 0 Å². The number of nitrogens with two attached hydrogens (primary N) is 1. The maximum Gasteiger partial charge on any atom is 0.330 e. The number of aromatic nitrogens is 2. The van der Waals surface area contributed by atoms with E-state index in [9.17, 15) is 9.59 Å². The van der Waals surface area contributed by atoms with Crippen LogP contribution in [-0.2, 0) is 13.1 Å².